The van der Waals surface area contributed by atoms with Gasteiger partial charge in [0, 0.05) is 29.9 Å². The molecule has 4 aromatic rings. The third-order valence-electron chi connectivity index (χ3n) is 7.37. The number of alkyl halides is 3. The molecule has 1 atom stereocenters. The first-order valence-corrected chi connectivity index (χ1v) is 13.1. The third-order valence-corrected chi connectivity index (χ3v) is 7.37. The second kappa shape index (κ2) is 10.4. The molecule has 11 nitrogen and oxygen atoms in total. The SMILES string of the molecule is CC1(C(=O)N2CCO[C@@H](c3nn(-c4ccc(C(=O)Nc5cc(C(F)(F)F)ccn5)cc4)c4c(N)nccc34)C2)COC1. The predicted octanol–water partition coefficient (Wildman–Crippen LogP) is 3.61. The van der Waals surface area contributed by atoms with Crippen LogP contribution in [0.3, 0.4) is 0 Å². The number of halogens is 3. The molecule has 5 heterocycles. The number of pyridine rings is 2. The number of hydrogen-bond donors (Lipinski definition) is 2. The van der Waals surface area contributed by atoms with Crippen LogP contribution in [0, 0.1) is 5.41 Å². The zero-order chi connectivity index (χ0) is 29.6. The maximum Gasteiger partial charge on any atom is 0.416 e. The Morgan fingerprint density at radius 3 is 2.52 bits per heavy atom. The number of nitrogens with two attached hydrogens (primary N) is 1. The van der Waals surface area contributed by atoms with Crippen molar-refractivity contribution in [3.05, 3.63) is 71.7 Å². The molecule has 3 aromatic heterocycles. The molecule has 2 aliphatic heterocycles. The molecule has 1 aromatic carbocycles. The second-order valence-corrected chi connectivity index (χ2v) is 10.5. The molecule has 0 unspecified atom stereocenters. The van der Waals surface area contributed by atoms with Crippen molar-refractivity contribution in [3.8, 4) is 5.69 Å². The van der Waals surface area contributed by atoms with Crippen molar-refractivity contribution in [1.82, 2.24) is 24.6 Å². The number of nitrogens with zero attached hydrogens (tertiary/aromatic N) is 5. The van der Waals surface area contributed by atoms with E-state index in [2.05, 4.69) is 15.3 Å². The highest BCUT2D eigenvalue weighted by atomic mass is 19.4. The molecule has 2 amide bonds. The molecule has 3 N–H and O–H groups in total. The number of fused-ring (bicyclic) bond motifs is 1. The Morgan fingerprint density at radius 1 is 1.10 bits per heavy atom. The standard InChI is InChI=1S/C28H26F3N7O4/c1-27(14-41-15-27)26(40)37-10-11-42-20(13-37)22-19-7-9-34-24(32)23(19)38(36-22)18-4-2-16(3-5-18)25(39)35-21-12-17(6-8-33-21)28(29,30)31/h2-9,12,20H,10-11,13-15H2,1H3,(H2,32,34)(H,33,35,39)/t20-/m1/s1. The first-order valence-electron chi connectivity index (χ1n) is 13.1. The molecule has 0 bridgehead atoms. The number of amides is 2. The van der Waals surface area contributed by atoms with Crippen LogP contribution < -0.4 is 11.1 Å². The lowest BCUT2D eigenvalue weighted by Gasteiger charge is -2.42. The maximum atomic E-state index is 13.1. The average Bonchev–Trinajstić information content (AvgIpc) is 3.36. The van der Waals surface area contributed by atoms with Crippen LogP contribution in [0.2, 0.25) is 0 Å². The summed E-state index contributed by atoms with van der Waals surface area (Å²) in [6, 6.07) is 9.65. The molecule has 2 fully saturated rings. The minimum atomic E-state index is -4.56. The van der Waals surface area contributed by atoms with Gasteiger partial charge in [0.15, 0.2) is 0 Å². The van der Waals surface area contributed by atoms with Crippen LogP contribution in [0.15, 0.2) is 54.9 Å². The van der Waals surface area contributed by atoms with E-state index < -0.39 is 29.2 Å². The molecule has 2 saturated heterocycles. The summed E-state index contributed by atoms with van der Waals surface area (Å²) in [5.74, 6) is -0.612. The van der Waals surface area contributed by atoms with Gasteiger partial charge in [0.2, 0.25) is 5.91 Å². The van der Waals surface area contributed by atoms with Crippen molar-refractivity contribution in [2.75, 3.05) is 44.0 Å². The topological polar surface area (TPSA) is 137 Å². The fraction of sp³-hybridized carbons (Fsp3) is 0.321. The number of benzene rings is 1. The van der Waals surface area contributed by atoms with E-state index in [1.807, 2.05) is 6.92 Å². The van der Waals surface area contributed by atoms with Gasteiger partial charge < -0.3 is 25.4 Å². The molecule has 2 aliphatic rings. The number of ether oxygens (including phenoxy) is 2. The first kappa shape index (κ1) is 27.6. The normalized spacial score (nSPS) is 18.5. The van der Waals surface area contributed by atoms with Crippen molar-refractivity contribution < 1.29 is 32.2 Å². The van der Waals surface area contributed by atoms with Gasteiger partial charge in [0.1, 0.15) is 29.0 Å². The highest BCUT2D eigenvalue weighted by Crippen LogP contribution is 2.35. The number of carbonyl (C=O) groups is 2. The monoisotopic (exact) mass is 581 g/mol. The number of anilines is 2. The first-order chi connectivity index (χ1) is 20.0. The molecular formula is C28H26F3N7O4. The Morgan fingerprint density at radius 2 is 1.83 bits per heavy atom. The smallest absolute Gasteiger partial charge is 0.382 e. The summed E-state index contributed by atoms with van der Waals surface area (Å²) in [6.45, 7) is 3.78. The van der Waals surface area contributed by atoms with Crippen molar-refractivity contribution >= 4 is 34.4 Å². The molecule has 42 heavy (non-hydrogen) atoms. The lowest BCUT2D eigenvalue weighted by atomic mass is 9.86. The summed E-state index contributed by atoms with van der Waals surface area (Å²) >= 11 is 0. The predicted molar refractivity (Wildman–Crippen MR) is 145 cm³/mol. The zero-order valence-corrected chi connectivity index (χ0v) is 22.4. The van der Waals surface area contributed by atoms with Crippen LogP contribution >= 0.6 is 0 Å². The fourth-order valence-electron chi connectivity index (χ4n) is 5.07. The lowest BCUT2D eigenvalue weighted by molar-refractivity contribution is -0.175. The summed E-state index contributed by atoms with van der Waals surface area (Å²) in [4.78, 5) is 35.7. The van der Waals surface area contributed by atoms with Crippen LogP contribution in [0.4, 0.5) is 24.8 Å². The highest BCUT2D eigenvalue weighted by Gasteiger charge is 2.45. The Balaban J connectivity index is 1.26. The number of rotatable bonds is 5. The summed E-state index contributed by atoms with van der Waals surface area (Å²) < 4.78 is 52.0. The van der Waals surface area contributed by atoms with Gasteiger partial charge in [-0.1, -0.05) is 0 Å². The van der Waals surface area contributed by atoms with E-state index >= 15 is 0 Å². The van der Waals surface area contributed by atoms with E-state index in [4.69, 9.17) is 20.3 Å². The molecule has 0 aliphatic carbocycles. The van der Waals surface area contributed by atoms with Gasteiger partial charge in [-0.15, -0.1) is 0 Å². The van der Waals surface area contributed by atoms with Crippen LogP contribution in [0.25, 0.3) is 16.6 Å². The molecule has 0 radical (unpaired) electrons. The molecule has 218 valence electrons. The van der Waals surface area contributed by atoms with Gasteiger partial charge in [-0.2, -0.15) is 18.3 Å². The largest absolute Gasteiger partial charge is 0.416 e. The van der Waals surface area contributed by atoms with E-state index in [0.717, 1.165) is 18.3 Å². The minimum absolute atomic E-state index is 0.0150. The van der Waals surface area contributed by atoms with Crippen LogP contribution in [0.1, 0.15) is 34.6 Å². The van der Waals surface area contributed by atoms with Gasteiger partial charge in [0.25, 0.3) is 5.91 Å². The Hall–Kier alpha value is -4.56. The highest BCUT2D eigenvalue weighted by molar-refractivity contribution is 6.04. The summed E-state index contributed by atoms with van der Waals surface area (Å²) in [7, 11) is 0. The van der Waals surface area contributed by atoms with Crippen molar-refractivity contribution in [3.63, 3.8) is 0 Å². The molecule has 14 heteroatoms. The van der Waals surface area contributed by atoms with Gasteiger partial charge in [-0.3, -0.25) is 9.59 Å². The molecule has 6 rings (SSSR count). The van der Waals surface area contributed by atoms with Crippen LogP contribution in [-0.4, -0.2) is 69.4 Å². The zero-order valence-electron chi connectivity index (χ0n) is 22.4. The van der Waals surface area contributed by atoms with Gasteiger partial charge in [-0.05, 0) is 49.4 Å². The van der Waals surface area contributed by atoms with Crippen LogP contribution in [0.5, 0.6) is 0 Å². The van der Waals surface area contributed by atoms with Crippen molar-refractivity contribution in [1.29, 1.82) is 0 Å². The van der Waals surface area contributed by atoms with Crippen molar-refractivity contribution in [2.45, 2.75) is 19.2 Å². The fourth-order valence-corrected chi connectivity index (χ4v) is 5.07. The minimum Gasteiger partial charge on any atom is -0.382 e. The molecule has 0 spiro atoms. The van der Waals surface area contributed by atoms with E-state index in [1.165, 1.54) is 12.1 Å². The van der Waals surface area contributed by atoms with Gasteiger partial charge in [0.05, 0.1) is 43.0 Å². The second-order valence-electron chi connectivity index (χ2n) is 10.5. The number of nitrogen functional groups attached to an aromatic ring is 1. The van der Waals surface area contributed by atoms with Gasteiger partial charge >= 0.3 is 6.18 Å². The Bertz CT molecular complexity index is 1670. The molecule has 0 saturated carbocycles. The number of hydrogen-bond acceptors (Lipinski definition) is 8. The Labute approximate surface area is 237 Å². The number of morpholine rings is 1. The number of carbonyl (C=O) groups excluding carboxylic acids is 2. The van der Waals surface area contributed by atoms with E-state index in [-0.39, 0.29) is 23.1 Å². The summed E-state index contributed by atoms with van der Waals surface area (Å²) in [6.07, 6.45) is -2.52. The number of aromatic nitrogens is 4. The van der Waals surface area contributed by atoms with Gasteiger partial charge in [-0.25, -0.2) is 14.6 Å². The number of nitrogens with one attached hydrogen (secondary N) is 1. The Kier molecular flexibility index (Phi) is 6.81. The van der Waals surface area contributed by atoms with E-state index in [1.54, 1.807) is 34.0 Å². The summed E-state index contributed by atoms with van der Waals surface area (Å²) in [5.41, 5.74) is 6.67. The summed E-state index contributed by atoms with van der Waals surface area (Å²) in [5, 5.41) is 7.90. The quantitative estimate of drug-likeness (QED) is 0.365. The average molecular weight is 582 g/mol. The maximum absolute atomic E-state index is 13.1. The van der Waals surface area contributed by atoms with E-state index in [9.17, 15) is 22.8 Å². The van der Waals surface area contributed by atoms with E-state index in [0.29, 0.717) is 55.2 Å². The van der Waals surface area contributed by atoms with Crippen molar-refractivity contribution in [2.24, 2.45) is 5.41 Å². The lowest BCUT2D eigenvalue weighted by Crippen LogP contribution is -2.56. The van der Waals surface area contributed by atoms with Crippen LogP contribution in [-0.2, 0) is 20.4 Å². The third kappa shape index (κ3) is 5.03. The molecular weight excluding hydrogens is 555 g/mol.